The maximum absolute atomic E-state index is 8.41. The number of nitriles is 2. The van der Waals surface area contributed by atoms with Gasteiger partial charge in [0.25, 0.3) is 0 Å². The van der Waals surface area contributed by atoms with Crippen LogP contribution in [0.15, 0.2) is 24.3 Å². The third-order valence-corrected chi connectivity index (χ3v) is 1.28. The monoisotopic (exact) mass is 160 g/mol. The van der Waals surface area contributed by atoms with Crippen molar-refractivity contribution >= 4 is 0 Å². The minimum Gasteiger partial charge on any atom is -0.198 e. The molecule has 0 fully saturated rings. The first kappa shape index (κ1) is 10.5. The lowest BCUT2D eigenvalue weighted by Crippen LogP contribution is -1.79. The fourth-order valence-corrected chi connectivity index (χ4v) is 0.637. The van der Waals surface area contributed by atoms with Crippen LogP contribution >= 0.6 is 0 Å². The Morgan fingerprint density at radius 1 is 1.25 bits per heavy atom. The van der Waals surface area contributed by atoms with E-state index in [4.69, 9.17) is 10.5 Å². The summed E-state index contributed by atoms with van der Waals surface area (Å²) in [6.07, 6.45) is 8.79. The van der Waals surface area contributed by atoms with Gasteiger partial charge in [0.1, 0.15) is 0 Å². The van der Waals surface area contributed by atoms with Crippen molar-refractivity contribution in [2.24, 2.45) is 5.92 Å². The number of hydrogen-bond donors (Lipinski definition) is 0. The maximum atomic E-state index is 8.41. The Kier molecular flexibility index (Phi) is 6.59. The molecule has 0 heterocycles. The average Bonchev–Trinajstić information content (AvgIpc) is 2.10. The second-order valence-electron chi connectivity index (χ2n) is 2.42. The SMILES string of the molecule is CC(C#N)C=CCC=CCC#N. The highest BCUT2D eigenvalue weighted by Gasteiger charge is 1.87. The van der Waals surface area contributed by atoms with Gasteiger partial charge >= 0.3 is 0 Å². The lowest BCUT2D eigenvalue weighted by molar-refractivity contribution is 0.950. The molecule has 0 aliphatic carbocycles. The van der Waals surface area contributed by atoms with Gasteiger partial charge < -0.3 is 0 Å². The summed E-state index contributed by atoms with van der Waals surface area (Å²) in [5.74, 6) is -0.0191. The fourth-order valence-electron chi connectivity index (χ4n) is 0.637. The smallest absolute Gasteiger partial charge is 0.0694 e. The zero-order chi connectivity index (χ0) is 9.23. The van der Waals surface area contributed by atoms with Gasteiger partial charge in [0, 0.05) is 0 Å². The first-order valence-electron chi connectivity index (χ1n) is 3.89. The van der Waals surface area contributed by atoms with Gasteiger partial charge in [-0.2, -0.15) is 10.5 Å². The third kappa shape index (κ3) is 6.58. The van der Waals surface area contributed by atoms with Crippen molar-refractivity contribution in [1.29, 1.82) is 10.5 Å². The standard InChI is InChI=1S/C10H12N2/c1-10(9-12)7-5-3-2-4-6-8-11/h2,4-5,7,10H,3,6H2,1H3. The molecule has 0 aliphatic rings. The molecular formula is C10H12N2. The largest absolute Gasteiger partial charge is 0.198 e. The summed E-state index contributed by atoms with van der Waals surface area (Å²) >= 11 is 0. The summed E-state index contributed by atoms with van der Waals surface area (Å²) in [6, 6.07) is 4.12. The maximum Gasteiger partial charge on any atom is 0.0694 e. The Morgan fingerprint density at radius 2 is 2.00 bits per heavy atom. The lowest BCUT2D eigenvalue weighted by atomic mass is 10.2. The molecule has 0 aromatic heterocycles. The fraction of sp³-hybridized carbons (Fsp3) is 0.400. The summed E-state index contributed by atoms with van der Waals surface area (Å²) in [4.78, 5) is 0. The van der Waals surface area contributed by atoms with Gasteiger partial charge in [0.05, 0.1) is 24.5 Å². The molecule has 2 nitrogen and oxygen atoms in total. The summed E-state index contributed by atoms with van der Waals surface area (Å²) in [5.41, 5.74) is 0. The van der Waals surface area contributed by atoms with Gasteiger partial charge in [-0.05, 0) is 13.3 Å². The van der Waals surface area contributed by atoms with Gasteiger partial charge in [-0.1, -0.05) is 24.3 Å². The minimum absolute atomic E-state index is 0.0191. The van der Waals surface area contributed by atoms with Crippen LogP contribution in [0.1, 0.15) is 19.8 Å². The Hall–Kier alpha value is -1.54. The van der Waals surface area contributed by atoms with Gasteiger partial charge in [-0.3, -0.25) is 0 Å². The van der Waals surface area contributed by atoms with Gasteiger partial charge in [0.2, 0.25) is 0 Å². The van der Waals surface area contributed by atoms with E-state index in [0.29, 0.717) is 6.42 Å². The van der Waals surface area contributed by atoms with E-state index < -0.39 is 0 Å². The van der Waals surface area contributed by atoms with Crippen molar-refractivity contribution in [2.45, 2.75) is 19.8 Å². The Morgan fingerprint density at radius 3 is 2.58 bits per heavy atom. The van der Waals surface area contributed by atoms with Gasteiger partial charge in [-0.25, -0.2) is 0 Å². The highest BCUT2D eigenvalue weighted by molar-refractivity contribution is 5.01. The second kappa shape index (κ2) is 7.57. The van der Waals surface area contributed by atoms with E-state index in [1.54, 1.807) is 0 Å². The van der Waals surface area contributed by atoms with E-state index in [0.717, 1.165) is 6.42 Å². The Bertz CT molecular complexity index is 238. The van der Waals surface area contributed by atoms with Gasteiger partial charge in [-0.15, -0.1) is 0 Å². The molecule has 0 saturated heterocycles. The van der Waals surface area contributed by atoms with Crippen molar-refractivity contribution in [3.8, 4) is 12.1 Å². The number of allylic oxidation sites excluding steroid dienone is 4. The number of hydrogen-bond acceptors (Lipinski definition) is 2. The third-order valence-electron chi connectivity index (χ3n) is 1.28. The van der Waals surface area contributed by atoms with Crippen LogP contribution in [0.4, 0.5) is 0 Å². The normalized spacial score (nSPS) is 12.9. The van der Waals surface area contributed by atoms with Crippen LogP contribution in [0, 0.1) is 28.6 Å². The van der Waals surface area contributed by atoms with Crippen molar-refractivity contribution < 1.29 is 0 Å². The molecular weight excluding hydrogens is 148 g/mol. The van der Waals surface area contributed by atoms with Crippen molar-refractivity contribution in [3.63, 3.8) is 0 Å². The van der Waals surface area contributed by atoms with E-state index in [-0.39, 0.29) is 5.92 Å². The lowest BCUT2D eigenvalue weighted by Gasteiger charge is -1.87. The summed E-state index contributed by atoms with van der Waals surface area (Å²) in [5, 5.41) is 16.6. The first-order chi connectivity index (χ1) is 5.81. The van der Waals surface area contributed by atoms with Crippen molar-refractivity contribution in [2.75, 3.05) is 0 Å². The molecule has 0 aromatic carbocycles. The van der Waals surface area contributed by atoms with E-state index in [1.165, 1.54) is 0 Å². The van der Waals surface area contributed by atoms with Crippen LogP contribution in [-0.2, 0) is 0 Å². The molecule has 0 aliphatic heterocycles. The Balaban J connectivity index is 3.51. The molecule has 0 aromatic rings. The molecule has 62 valence electrons. The topological polar surface area (TPSA) is 47.6 Å². The molecule has 2 heteroatoms. The summed E-state index contributed by atoms with van der Waals surface area (Å²) in [7, 11) is 0. The molecule has 0 saturated carbocycles. The van der Waals surface area contributed by atoms with E-state index in [1.807, 2.05) is 37.3 Å². The number of rotatable bonds is 4. The van der Waals surface area contributed by atoms with E-state index in [2.05, 4.69) is 6.07 Å². The van der Waals surface area contributed by atoms with E-state index >= 15 is 0 Å². The van der Waals surface area contributed by atoms with Crippen LogP contribution in [-0.4, -0.2) is 0 Å². The first-order valence-corrected chi connectivity index (χ1v) is 3.89. The quantitative estimate of drug-likeness (QED) is 0.593. The predicted octanol–water partition coefficient (Wildman–Crippen LogP) is 2.56. The second-order valence-corrected chi connectivity index (χ2v) is 2.42. The van der Waals surface area contributed by atoms with Crippen LogP contribution in [0.5, 0.6) is 0 Å². The van der Waals surface area contributed by atoms with Crippen LogP contribution in [0.3, 0.4) is 0 Å². The van der Waals surface area contributed by atoms with Crippen LogP contribution < -0.4 is 0 Å². The van der Waals surface area contributed by atoms with Crippen molar-refractivity contribution in [1.82, 2.24) is 0 Å². The molecule has 12 heavy (non-hydrogen) atoms. The molecule has 0 rings (SSSR count). The van der Waals surface area contributed by atoms with Gasteiger partial charge in [0.15, 0.2) is 0 Å². The van der Waals surface area contributed by atoms with Crippen molar-refractivity contribution in [3.05, 3.63) is 24.3 Å². The molecule has 1 atom stereocenters. The molecule has 0 N–H and O–H groups in total. The van der Waals surface area contributed by atoms with Crippen LogP contribution in [0.2, 0.25) is 0 Å². The highest BCUT2D eigenvalue weighted by Crippen LogP contribution is 1.96. The highest BCUT2D eigenvalue weighted by atomic mass is 14.2. The zero-order valence-electron chi connectivity index (χ0n) is 7.20. The molecule has 0 bridgehead atoms. The minimum atomic E-state index is -0.0191. The predicted molar refractivity (Wildman–Crippen MR) is 47.9 cm³/mol. The van der Waals surface area contributed by atoms with E-state index in [9.17, 15) is 0 Å². The zero-order valence-corrected chi connectivity index (χ0v) is 7.20. The molecule has 1 unspecified atom stereocenters. The Labute approximate surface area is 73.4 Å². The number of nitrogens with zero attached hydrogens (tertiary/aromatic N) is 2. The molecule has 0 radical (unpaired) electrons. The van der Waals surface area contributed by atoms with Crippen LogP contribution in [0.25, 0.3) is 0 Å². The molecule has 0 spiro atoms. The summed E-state index contributed by atoms with van der Waals surface area (Å²) in [6.45, 7) is 1.84. The average molecular weight is 160 g/mol. The summed E-state index contributed by atoms with van der Waals surface area (Å²) < 4.78 is 0. The molecule has 0 amide bonds.